The van der Waals surface area contributed by atoms with Gasteiger partial charge in [-0.3, -0.25) is 19.2 Å². The molecule has 1 aromatic rings. The summed E-state index contributed by atoms with van der Waals surface area (Å²) < 4.78 is 0. The first-order valence-electron chi connectivity index (χ1n) is 11.6. The fourth-order valence-electron chi connectivity index (χ4n) is 3.34. The summed E-state index contributed by atoms with van der Waals surface area (Å²) in [4.78, 5) is 61.0. The van der Waals surface area contributed by atoms with E-state index in [1.165, 1.54) is 11.8 Å². The van der Waals surface area contributed by atoms with E-state index in [1.807, 2.05) is 37.3 Å². The Morgan fingerprint density at radius 1 is 0.944 bits per heavy atom. The van der Waals surface area contributed by atoms with E-state index >= 15 is 0 Å². The number of carboxylic acid groups (broad SMARTS) is 2. The molecule has 0 radical (unpaired) electrons. The molecule has 12 heteroatoms. The van der Waals surface area contributed by atoms with E-state index in [0.29, 0.717) is 12.2 Å². The first-order valence-corrected chi connectivity index (χ1v) is 13.0. The summed E-state index contributed by atoms with van der Waals surface area (Å²) in [7, 11) is 0. The van der Waals surface area contributed by atoms with E-state index in [2.05, 4.69) is 16.0 Å². The van der Waals surface area contributed by atoms with Gasteiger partial charge in [-0.25, -0.2) is 4.79 Å². The van der Waals surface area contributed by atoms with Crippen molar-refractivity contribution in [1.82, 2.24) is 16.0 Å². The number of aliphatic carboxylic acids is 2. The Hall–Kier alpha value is -3.12. The SMILES string of the molecule is CCC(C)C(NC(=O)C(N)Cc1ccccc1)C(=O)NC(CCSC)C(=O)NC(CC(=O)O)C(=O)O. The number of carbonyl (C=O) groups is 5. The van der Waals surface area contributed by atoms with Crippen molar-refractivity contribution < 1.29 is 34.2 Å². The van der Waals surface area contributed by atoms with Crippen LogP contribution in [0.1, 0.15) is 38.7 Å². The predicted molar refractivity (Wildman–Crippen MR) is 136 cm³/mol. The number of amides is 3. The van der Waals surface area contributed by atoms with Gasteiger partial charge in [0.2, 0.25) is 17.7 Å². The Bertz CT molecular complexity index is 900. The minimum absolute atomic E-state index is 0.173. The van der Waals surface area contributed by atoms with Gasteiger partial charge in [0.1, 0.15) is 18.1 Å². The van der Waals surface area contributed by atoms with Crippen molar-refractivity contribution in [2.45, 2.75) is 63.7 Å². The number of thioether (sulfide) groups is 1. The molecule has 7 N–H and O–H groups in total. The van der Waals surface area contributed by atoms with Gasteiger partial charge < -0.3 is 31.9 Å². The monoisotopic (exact) mass is 524 g/mol. The molecule has 1 aromatic carbocycles. The van der Waals surface area contributed by atoms with Crippen molar-refractivity contribution in [2.75, 3.05) is 12.0 Å². The Balaban J connectivity index is 2.97. The first kappa shape index (κ1) is 30.9. The molecule has 0 bridgehead atoms. The zero-order valence-corrected chi connectivity index (χ0v) is 21.5. The van der Waals surface area contributed by atoms with Crippen LogP contribution < -0.4 is 21.7 Å². The largest absolute Gasteiger partial charge is 0.481 e. The van der Waals surface area contributed by atoms with E-state index in [0.717, 1.165) is 5.56 Å². The summed E-state index contributed by atoms with van der Waals surface area (Å²) in [6.45, 7) is 3.62. The van der Waals surface area contributed by atoms with E-state index < -0.39 is 60.2 Å². The second-order valence-electron chi connectivity index (χ2n) is 8.51. The quantitative estimate of drug-likeness (QED) is 0.177. The number of benzene rings is 1. The molecule has 0 heterocycles. The van der Waals surface area contributed by atoms with Crippen LogP contribution in [0.25, 0.3) is 0 Å². The maximum Gasteiger partial charge on any atom is 0.326 e. The zero-order chi connectivity index (χ0) is 27.3. The molecule has 0 aromatic heterocycles. The lowest BCUT2D eigenvalue weighted by atomic mass is 9.96. The van der Waals surface area contributed by atoms with Crippen LogP contribution in [0.15, 0.2) is 30.3 Å². The normalized spacial score (nSPS) is 15.0. The number of rotatable bonds is 16. The molecular weight excluding hydrogens is 488 g/mol. The number of nitrogens with two attached hydrogens (primary N) is 1. The fraction of sp³-hybridized carbons (Fsp3) is 0.542. The molecule has 0 aliphatic heterocycles. The highest BCUT2D eigenvalue weighted by Gasteiger charge is 2.32. The molecule has 3 amide bonds. The third-order valence-corrected chi connectivity index (χ3v) is 6.31. The van der Waals surface area contributed by atoms with Crippen molar-refractivity contribution in [3.05, 3.63) is 35.9 Å². The molecule has 0 saturated carbocycles. The van der Waals surface area contributed by atoms with Gasteiger partial charge >= 0.3 is 11.9 Å². The van der Waals surface area contributed by atoms with Gasteiger partial charge in [-0.2, -0.15) is 11.8 Å². The smallest absolute Gasteiger partial charge is 0.326 e. The average molecular weight is 525 g/mol. The summed E-state index contributed by atoms with van der Waals surface area (Å²) in [6, 6.07) is 4.55. The van der Waals surface area contributed by atoms with Crippen LogP contribution in [0.4, 0.5) is 0 Å². The van der Waals surface area contributed by atoms with Gasteiger partial charge in [0.05, 0.1) is 12.5 Å². The van der Waals surface area contributed by atoms with Gasteiger partial charge in [-0.1, -0.05) is 50.6 Å². The third kappa shape index (κ3) is 10.6. The number of nitrogens with one attached hydrogen (secondary N) is 3. The number of hydrogen-bond acceptors (Lipinski definition) is 7. The standard InChI is InChI=1S/C24H36N4O7S/c1-4-14(2)20(28-21(31)16(25)12-15-8-6-5-7-9-15)23(33)26-17(10-11-36-3)22(32)27-18(24(34)35)13-19(29)30/h5-9,14,16-18,20H,4,10-13,25H2,1-3H3,(H,26,33)(H,27,32)(H,28,31)(H,29,30)(H,34,35). The van der Waals surface area contributed by atoms with Gasteiger partial charge in [0.15, 0.2) is 0 Å². The molecule has 5 unspecified atom stereocenters. The third-order valence-electron chi connectivity index (χ3n) is 5.67. The van der Waals surface area contributed by atoms with Crippen LogP contribution in [-0.4, -0.2) is 76.0 Å². The summed E-state index contributed by atoms with van der Waals surface area (Å²) in [5, 5.41) is 25.6. The lowest BCUT2D eigenvalue weighted by Crippen LogP contribution is -2.59. The molecule has 0 fully saturated rings. The molecule has 0 saturated heterocycles. The van der Waals surface area contributed by atoms with E-state index in [1.54, 1.807) is 13.2 Å². The van der Waals surface area contributed by atoms with Crippen molar-refractivity contribution in [3.63, 3.8) is 0 Å². The Morgan fingerprint density at radius 2 is 1.56 bits per heavy atom. The van der Waals surface area contributed by atoms with Gasteiger partial charge in [0.25, 0.3) is 0 Å². The van der Waals surface area contributed by atoms with Crippen LogP contribution in [0.5, 0.6) is 0 Å². The van der Waals surface area contributed by atoms with Gasteiger partial charge in [0, 0.05) is 0 Å². The predicted octanol–water partition coefficient (Wildman–Crippen LogP) is 0.369. The molecule has 0 aliphatic rings. The Labute approximate surface area is 215 Å². The van der Waals surface area contributed by atoms with Crippen LogP contribution in [0, 0.1) is 5.92 Å². The molecule has 11 nitrogen and oxygen atoms in total. The molecule has 1 rings (SSSR count). The Morgan fingerprint density at radius 3 is 2.08 bits per heavy atom. The topological polar surface area (TPSA) is 188 Å². The zero-order valence-electron chi connectivity index (χ0n) is 20.7. The Kier molecular flexibility index (Phi) is 13.6. The van der Waals surface area contributed by atoms with Crippen molar-refractivity contribution in [1.29, 1.82) is 0 Å². The van der Waals surface area contributed by atoms with Crippen LogP contribution in [-0.2, 0) is 30.4 Å². The number of carboxylic acids is 2. The van der Waals surface area contributed by atoms with E-state index in [4.69, 9.17) is 10.8 Å². The second-order valence-corrected chi connectivity index (χ2v) is 9.49. The summed E-state index contributed by atoms with van der Waals surface area (Å²) in [5.74, 6) is -4.66. The minimum atomic E-state index is -1.65. The highest BCUT2D eigenvalue weighted by Crippen LogP contribution is 2.11. The maximum absolute atomic E-state index is 13.2. The van der Waals surface area contributed by atoms with Crippen LogP contribution in [0.3, 0.4) is 0 Å². The maximum atomic E-state index is 13.2. The number of carbonyl (C=O) groups excluding carboxylic acids is 3. The first-order chi connectivity index (χ1) is 17.0. The fourth-order valence-corrected chi connectivity index (χ4v) is 3.81. The number of hydrogen-bond donors (Lipinski definition) is 6. The van der Waals surface area contributed by atoms with Gasteiger partial charge in [-0.05, 0) is 36.3 Å². The molecule has 5 atom stereocenters. The van der Waals surface area contributed by atoms with Crippen molar-refractivity contribution in [2.24, 2.45) is 11.7 Å². The lowest BCUT2D eigenvalue weighted by Gasteiger charge is -2.28. The highest BCUT2D eigenvalue weighted by molar-refractivity contribution is 7.98. The van der Waals surface area contributed by atoms with Gasteiger partial charge in [-0.15, -0.1) is 0 Å². The van der Waals surface area contributed by atoms with E-state index in [9.17, 15) is 29.1 Å². The summed E-state index contributed by atoms with van der Waals surface area (Å²) >= 11 is 1.42. The lowest BCUT2D eigenvalue weighted by molar-refractivity contribution is -0.147. The summed E-state index contributed by atoms with van der Waals surface area (Å²) in [6.07, 6.45) is 1.99. The summed E-state index contributed by atoms with van der Waals surface area (Å²) in [5.41, 5.74) is 6.93. The molecule has 200 valence electrons. The van der Waals surface area contributed by atoms with Crippen molar-refractivity contribution in [3.8, 4) is 0 Å². The van der Waals surface area contributed by atoms with Crippen LogP contribution >= 0.6 is 11.8 Å². The molecule has 0 aliphatic carbocycles. The van der Waals surface area contributed by atoms with Crippen LogP contribution in [0.2, 0.25) is 0 Å². The van der Waals surface area contributed by atoms with E-state index in [-0.39, 0.29) is 18.8 Å². The molecular formula is C24H36N4O7S. The average Bonchev–Trinajstić information content (AvgIpc) is 2.83. The highest BCUT2D eigenvalue weighted by atomic mass is 32.2. The minimum Gasteiger partial charge on any atom is -0.481 e. The molecule has 0 spiro atoms. The second kappa shape index (κ2) is 15.8. The van der Waals surface area contributed by atoms with Crippen molar-refractivity contribution >= 4 is 41.4 Å². The molecule has 36 heavy (non-hydrogen) atoms.